The molecule has 0 aromatic carbocycles. The van der Waals surface area contributed by atoms with E-state index in [4.69, 9.17) is 4.74 Å². The summed E-state index contributed by atoms with van der Waals surface area (Å²) >= 11 is 1.88. The van der Waals surface area contributed by atoms with Crippen molar-refractivity contribution in [2.45, 2.75) is 12.5 Å². The first kappa shape index (κ1) is 16.4. The number of rotatable bonds is 3. The van der Waals surface area contributed by atoms with E-state index in [1.165, 1.54) is 0 Å². The van der Waals surface area contributed by atoms with E-state index < -0.39 is 0 Å². The third-order valence-corrected chi connectivity index (χ3v) is 5.37. The molecule has 126 valence electrons. The summed E-state index contributed by atoms with van der Waals surface area (Å²) in [5.74, 6) is 2.11. The van der Waals surface area contributed by atoms with Gasteiger partial charge >= 0.3 is 0 Å². The fourth-order valence-electron chi connectivity index (χ4n) is 3.07. The van der Waals surface area contributed by atoms with Crippen LogP contribution in [-0.4, -0.2) is 76.6 Å². The van der Waals surface area contributed by atoms with Gasteiger partial charge in [-0.2, -0.15) is 11.8 Å². The van der Waals surface area contributed by atoms with Crippen LogP contribution in [-0.2, 0) is 16.6 Å². The summed E-state index contributed by atoms with van der Waals surface area (Å²) in [5, 5.41) is 0. The summed E-state index contributed by atoms with van der Waals surface area (Å²) < 4.78 is 7.34. The van der Waals surface area contributed by atoms with Gasteiger partial charge < -0.3 is 19.1 Å². The van der Waals surface area contributed by atoms with Gasteiger partial charge in [0, 0.05) is 50.8 Å². The van der Waals surface area contributed by atoms with Crippen LogP contribution < -0.4 is 0 Å². The van der Waals surface area contributed by atoms with Crippen molar-refractivity contribution in [2.24, 2.45) is 7.05 Å². The normalized spacial score (nSPS) is 22.2. The Morgan fingerprint density at radius 2 is 2.09 bits per heavy atom. The monoisotopic (exact) mass is 337 g/mol. The minimum Gasteiger partial charge on any atom is -0.377 e. The molecule has 3 rings (SSSR count). The Morgan fingerprint density at radius 1 is 1.30 bits per heavy atom. The zero-order valence-electron chi connectivity index (χ0n) is 13.4. The van der Waals surface area contributed by atoms with E-state index in [-0.39, 0.29) is 17.9 Å². The van der Waals surface area contributed by atoms with Crippen molar-refractivity contribution in [1.82, 2.24) is 14.4 Å². The van der Waals surface area contributed by atoms with E-state index in [1.807, 2.05) is 46.6 Å². The van der Waals surface area contributed by atoms with E-state index in [0.717, 1.165) is 24.6 Å². The molecule has 0 N–H and O–H groups in total. The molecule has 0 unspecified atom stereocenters. The number of carbonyl (C=O) groups excluding carboxylic acids is 2. The highest BCUT2D eigenvalue weighted by molar-refractivity contribution is 7.99. The number of morpholine rings is 1. The van der Waals surface area contributed by atoms with Crippen LogP contribution in [0.2, 0.25) is 0 Å². The number of hydrogen-bond acceptors (Lipinski definition) is 4. The Kier molecular flexibility index (Phi) is 5.27. The van der Waals surface area contributed by atoms with E-state index in [2.05, 4.69) is 0 Å². The van der Waals surface area contributed by atoms with E-state index in [9.17, 15) is 9.59 Å². The summed E-state index contributed by atoms with van der Waals surface area (Å²) in [4.78, 5) is 29.0. The highest BCUT2D eigenvalue weighted by atomic mass is 32.2. The molecular formula is C16H23N3O3S. The number of carbonyl (C=O) groups is 2. The molecule has 2 aliphatic heterocycles. The van der Waals surface area contributed by atoms with Gasteiger partial charge in [-0.15, -0.1) is 0 Å². The molecule has 0 saturated carbocycles. The molecule has 0 radical (unpaired) electrons. The first-order chi connectivity index (χ1) is 11.2. The van der Waals surface area contributed by atoms with Gasteiger partial charge in [0.1, 0.15) is 5.69 Å². The maximum atomic E-state index is 12.8. The van der Waals surface area contributed by atoms with Gasteiger partial charge in [-0.1, -0.05) is 0 Å². The van der Waals surface area contributed by atoms with Crippen molar-refractivity contribution >= 4 is 23.6 Å². The smallest absolute Gasteiger partial charge is 0.270 e. The van der Waals surface area contributed by atoms with Crippen LogP contribution in [0.25, 0.3) is 0 Å². The maximum Gasteiger partial charge on any atom is 0.270 e. The van der Waals surface area contributed by atoms with Crippen molar-refractivity contribution in [3.63, 3.8) is 0 Å². The summed E-state index contributed by atoms with van der Waals surface area (Å²) in [6.07, 6.45) is 2.21. The number of ether oxygens (including phenoxy) is 1. The van der Waals surface area contributed by atoms with Crippen LogP contribution in [0.1, 0.15) is 16.9 Å². The average Bonchev–Trinajstić information content (AvgIpc) is 3.01. The van der Waals surface area contributed by atoms with Gasteiger partial charge in [0.05, 0.1) is 19.3 Å². The molecule has 7 heteroatoms. The number of thioether (sulfide) groups is 1. The second-order valence-electron chi connectivity index (χ2n) is 5.93. The van der Waals surface area contributed by atoms with Gasteiger partial charge in [-0.3, -0.25) is 9.59 Å². The lowest BCUT2D eigenvalue weighted by Crippen LogP contribution is -2.51. The second-order valence-corrected chi connectivity index (χ2v) is 7.15. The molecule has 1 atom stereocenters. The lowest BCUT2D eigenvalue weighted by atomic mass is 10.1. The molecule has 0 bridgehead atoms. The molecule has 2 saturated heterocycles. The topological polar surface area (TPSA) is 54.8 Å². The second kappa shape index (κ2) is 7.40. The predicted octanol–water partition coefficient (Wildman–Crippen LogP) is 0.832. The number of nitrogens with zero attached hydrogens (tertiary/aromatic N) is 3. The number of aryl methyl sites for hydroxylation is 1. The van der Waals surface area contributed by atoms with E-state index >= 15 is 0 Å². The van der Waals surface area contributed by atoms with E-state index in [0.29, 0.717) is 31.9 Å². The Bertz CT molecular complexity index is 569. The summed E-state index contributed by atoms with van der Waals surface area (Å²) in [6, 6.07) is 3.51. The van der Waals surface area contributed by atoms with Gasteiger partial charge in [-0.25, -0.2) is 0 Å². The molecular weight excluding hydrogens is 314 g/mol. The van der Waals surface area contributed by atoms with E-state index in [1.54, 1.807) is 4.90 Å². The SMILES string of the molecule is Cn1cccc1C(=O)N1CCOC[C@H]1CC(=O)N1CCSCC1. The molecule has 2 amide bonds. The van der Waals surface area contributed by atoms with Crippen molar-refractivity contribution in [1.29, 1.82) is 0 Å². The van der Waals surface area contributed by atoms with Crippen LogP contribution in [0, 0.1) is 0 Å². The predicted molar refractivity (Wildman–Crippen MR) is 89.6 cm³/mol. The first-order valence-electron chi connectivity index (χ1n) is 8.02. The Hall–Kier alpha value is -1.47. The Morgan fingerprint density at radius 3 is 2.78 bits per heavy atom. The molecule has 0 spiro atoms. The largest absolute Gasteiger partial charge is 0.377 e. The Balaban J connectivity index is 1.67. The van der Waals surface area contributed by atoms with Crippen LogP contribution >= 0.6 is 11.8 Å². The van der Waals surface area contributed by atoms with Crippen LogP contribution in [0.3, 0.4) is 0 Å². The van der Waals surface area contributed by atoms with Crippen LogP contribution in [0.4, 0.5) is 0 Å². The Labute approximate surface area is 140 Å². The number of aromatic nitrogens is 1. The fraction of sp³-hybridized carbons (Fsp3) is 0.625. The van der Waals surface area contributed by atoms with Crippen molar-refractivity contribution in [3.05, 3.63) is 24.0 Å². The fourth-order valence-corrected chi connectivity index (χ4v) is 3.97. The molecule has 0 aliphatic carbocycles. The quantitative estimate of drug-likeness (QED) is 0.820. The molecule has 2 aliphatic rings. The highest BCUT2D eigenvalue weighted by Gasteiger charge is 2.32. The van der Waals surface area contributed by atoms with Gasteiger partial charge in [0.2, 0.25) is 5.91 Å². The summed E-state index contributed by atoms with van der Waals surface area (Å²) in [5.41, 5.74) is 0.652. The molecule has 1 aromatic rings. The average molecular weight is 337 g/mol. The van der Waals surface area contributed by atoms with Gasteiger partial charge in [-0.05, 0) is 12.1 Å². The minimum atomic E-state index is -0.173. The van der Waals surface area contributed by atoms with Crippen molar-refractivity contribution < 1.29 is 14.3 Å². The zero-order chi connectivity index (χ0) is 16.2. The third kappa shape index (κ3) is 3.72. The van der Waals surface area contributed by atoms with Crippen molar-refractivity contribution in [3.8, 4) is 0 Å². The molecule has 2 fully saturated rings. The maximum absolute atomic E-state index is 12.8. The lowest BCUT2D eigenvalue weighted by molar-refractivity contribution is -0.133. The molecule has 23 heavy (non-hydrogen) atoms. The standard InChI is InChI=1S/C16H23N3O3S/c1-17-4-2-3-14(17)16(21)19-5-8-22-12-13(19)11-15(20)18-6-9-23-10-7-18/h2-4,13H,5-12H2,1H3/t13-/m1/s1. The summed E-state index contributed by atoms with van der Waals surface area (Å²) in [6.45, 7) is 3.12. The molecule has 1 aromatic heterocycles. The van der Waals surface area contributed by atoms with Crippen LogP contribution in [0.15, 0.2) is 18.3 Å². The molecule has 6 nitrogen and oxygen atoms in total. The van der Waals surface area contributed by atoms with Crippen LogP contribution in [0.5, 0.6) is 0 Å². The molecule has 3 heterocycles. The van der Waals surface area contributed by atoms with Gasteiger partial charge in [0.25, 0.3) is 5.91 Å². The first-order valence-corrected chi connectivity index (χ1v) is 9.18. The summed E-state index contributed by atoms with van der Waals surface area (Å²) in [7, 11) is 1.86. The highest BCUT2D eigenvalue weighted by Crippen LogP contribution is 2.18. The van der Waals surface area contributed by atoms with Gasteiger partial charge in [0.15, 0.2) is 0 Å². The number of amides is 2. The van der Waals surface area contributed by atoms with Crippen molar-refractivity contribution in [2.75, 3.05) is 44.4 Å². The third-order valence-electron chi connectivity index (χ3n) is 4.43. The lowest BCUT2D eigenvalue weighted by Gasteiger charge is -2.37. The number of hydrogen-bond donors (Lipinski definition) is 0. The minimum absolute atomic E-state index is 0.0206. The zero-order valence-corrected chi connectivity index (χ0v) is 14.3.